The van der Waals surface area contributed by atoms with E-state index in [1.54, 1.807) is 18.2 Å². The van der Waals surface area contributed by atoms with Crippen molar-refractivity contribution in [3.05, 3.63) is 41.0 Å². The third-order valence-electron chi connectivity index (χ3n) is 1.95. The average Bonchev–Trinajstić information content (AvgIpc) is 2.68. The summed E-state index contributed by atoms with van der Waals surface area (Å²) in [6, 6.07) is 11.0. The molecular formula is C11H7ClN2O. The smallest absolute Gasteiger partial charge is 0.167 e. The SMILES string of the molecule is N#CCc1cc(-c2ccc(Cl)cc2)on1. The number of rotatable bonds is 2. The Kier molecular flexibility index (Phi) is 2.70. The number of nitrogens with zero attached hydrogens (tertiary/aromatic N) is 2. The van der Waals surface area contributed by atoms with Crippen LogP contribution in [0.2, 0.25) is 5.02 Å². The molecule has 0 spiro atoms. The molecule has 1 aromatic carbocycles. The number of halogens is 1. The van der Waals surface area contributed by atoms with E-state index in [1.807, 2.05) is 18.2 Å². The highest BCUT2D eigenvalue weighted by molar-refractivity contribution is 6.30. The predicted octanol–water partition coefficient (Wildman–Crippen LogP) is 3.06. The minimum Gasteiger partial charge on any atom is -0.356 e. The van der Waals surface area contributed by atoms with Crippen LogP contribution in [0.25, 0.3) is 11.3 Å². The maximum absolute atomic E-state index is 8.49. The molecule has 1 heterocycles. The minimum atomic E-state index is 0.261. The number of benzene rings is 1. The van der Waals surface area contributed by atoms with Crippen molar-refractivity contribution in [1.82, 2.24) is 5.16 Å². The molecule has 0 saturated heterocycles. The zero-order valence-electron chi connectivity index (χ0n) is 7.77. The maximum Gasteiger partial charge on any atom is 0.167 e. The van der Waals surface area contributed by atoms with Crippen molar-refractivity contribution in [3.63, 3.8) is 0 Å². The summed E-state index contributed by atoms with van der Waals surface area (Å²) in [4.78, 5) is 0. The zero-order chi connectivity index (χ0) is 10.7. The lowest BCUT2D eigenvalue weighted by Gasteiger charge is -1.93. The second-order valence-electron chi connectivity index (χ2n) is 3.02. The first kappa shape index (κ1) is 9.75. The van der Waals surface area contributed by atoms with Crippen LogP contribution in [0.3, 0.4) is 0 Å². The largest absolute Gasteiger partial charge is 0.356 e. The van der Waals surface area contributed by atoms with Crippen molar-refractivity contribution in [1.29, 1.82) is 5.26 Å². The van der Waals surface area contributed by atoms with Gasteiger partial charge < -0.3 is 4.52 Å². The van der Waals surface area contributed by atoms with Crippen molar-refractivity contribution in [2.75, 3.05) is 0 Å². The van der Waals surface area contributed by atoms with Gasteiger partial charge in [-0.1, -0.05) is 16.8 Å². The third-order valence-corrected chi connectivity index (χ3v) is 2.20. The van der Waals surface area contributed by atoms with Crippen molar-refractivity contribution >= 4 is 11.6 Å². The normalized spacial score (nSPS) is 9.87. The van der Waals surface area contributed by atoms with E-state index in [-0.39, 0.29) is 6.42 Å². The van der Waals surface area contributed by atoms with Gasteiger partial charge in [-0.05, 0) is 24.3 Å². The molecule has 0 N–H and O–H groups in total. The van der Waals surface area contributed by atoms with Crippen LogP contribution in [0, 0.1) is 11.3 Å². The topological polar surface area (TPSA) is 49.8 Å². The number of aromatic nitrogens is 1. The summed E-state index contributed by atoms with van der Waals surface area (Å²) in [5, 5.41) is 12.9. The van der Waals surface area contributed by atoms with Crippen LogP contribution in [0.4, 0.5) is 0 Å². The number of nitriles is 1. The molecule has 0 atom stereocenters. The molecule has 0 amide bonds. The summed E-state index contributed by atoms with van der Waals surface area (Å²) < 4.78 is 5.10. The van der Waals surface area contributed by atoms with Crippen molar-refractivity contribution in [3.8, 4) is 17.4 Å². The predicted molar refractivity (Wildman–Crippen MR) is 56.3 cm³/mol. The monoisotopic (exact) mass is 218 g/mol. The quantitative estimate of drug-likeness (QED) is 0.779. The van der Waals surface area contributed by atoms with E-state index in [9.17, 15) is 0 Å². The highest BCUT2D eigenvalue weighted by Crippen LogP contribution is 2.22. The molecule has 2 rings (SSSR count). The molecule has 15 heavy (non-hydrogen) atoms. The summed E-state index contributed by atoms with van der Waals surface area (Å²) in [7, 11) is 0. The highest BCUT2D eigenvalue weighted by Gasteiger charge is 2.05. The molecular weight excluding hydrogens is 212 g/mol. The standard InChI is InChI=1S/C11H7ClN2O/c12-9-3-1-8(2-4-9)11-7-10(5-6-13)14-15-11/h1-4,7H,5H2. The molecule has 0 bridgehead atoms. The van der Waals surface area contributed by atoms with Gasteiger partial charge in [-0.25, -0.2) is 0 Å². The van der Waals surface area contributed by atoms with Crippen molar-refractivity contribution in [2.24, 2.45) is 0 Å². The Morgan fingerprint density at radius 2 is 2.07 bits per heavy atom. The average molecular weight is 219 g/mol. The molecule has 1 aromatic heterocycles. The van der Waals surface area contributed by atoms with Gasteiger partial charge in [0.25, 0.3) is 0 Å². The van der Waals surface area contributed by atoms with Crippen LogP contribution in [-0.2, 0) is 6.42 Å². The molecule has 0 unspecified atom stereocenters. The van der Waals surface area contributed by atoms with Crippen molar-refractivity contribution in [2.45, 2.75) is 6.42 Å². The molecule has 3 nitrogen and oxygen atoms in total. The van der Waals surface area contributed by atoms with Gasteiger partial charge in [0, 0.05) is 16.7 Å². The Hall–Kier alpha value is -1.79. The van der Waals surface area contributed by atoms with Gasteiger partial charge in [0.05, 0.1) is 18.2 Å². The molecule has 0 radical (unpaired) electrons. The number of hydrogen-bond acceptors (Lipinski definition) is 3. The Bertz CT molecular complexity index is 496. The maximum atomic E-state index is 8.49. The van der Waals surface area contributed by atoms with Crippen molar-refractivity contribution < 1.29 is 4.52 Å². The van der Waals surface area contributed by atoms with E-state index in [0.29, 0.717) is 16.5 Å². The Morgan fingerprint density at radius 3 is 2.73 bits per heavy atom. The Balaban J connectivity index is 2.30. The van der Waals surface area contributed by atoms with Crippen LogP contribution in [0.1, 0.15) is 5.69 Å². The first-order valence-electron chi connectivity index (χ1n) is 4.38. The van der Waals surface area contributed by atoms with Crippen LogP contribution < -0.4 is 0 Å². The zero-order valence-corrected chi connectivity index (χ0v) is 8.53. The first-order chi connectivity index (χ1) is 7.29. The summed E-state index contributed by atoms with van der Waals surface area (Å²) in [6.45, 7) is 0. The van der Waals surface area contributed by atoms with E-state index < -0.39 is 0 Å². The fourth-order valence-corrected chi connectivity index (χ4v) is 1.35. The fraction of sp³-hybridized carbons (Fsp3) is 0.0909. The minimum absolute atomic E-state index is 0.261. The van der Waals surface area contributed by atoms with Crippen LogP contribution in [-0.4, -0.2) is 5.16 Å². The van der Waals surface area contributed by atoms with Gasteiger partial charge in [-0.3, -0.25) is 0 Å². The molecule has 0 aliphatic carbocycles. The van der Waals surface area contributed by atoms with E-state index in [0.717, 1.165) is 5.56 Å². The number of hydrogen-bond donors (Lipinski definition) is 0. The molecule has 2 aromatic rings. The molecule has 74 valence electrons. The van der Waals surface area contributed by atoms with E-state index in [2.05, 4.69) is 5.16 Å². The van der Waals surface area contributed by atoms with Gasteiger partial charge in [-0.2, -0.15) is 5.26 Å². The van der Waals surface area contributed by atoms with E-state index in [4.69, 9.17) is 21.4 Å². The van der Waals surface area contributed by atoms with Gasteiger partial charge >= 0.3 is 0 Å². The molecule has 0 aliphatic heterocycles. The highest BCUT2D eigenvalue weighted by atomic mass is 35.5. The second-order valence-corrected chi connectivity index (χ2v) is 3.46. The van der Waals surface area contributed by atoms with Gasteiger partial charge in [0.1, 0.15) is 0 Å². The lowest BCUT2D eigenvalue weighted by atomic mass is 10.1. The fourth-order valence-electron chi connectivity index (χ4n) is 1.23. The lowest BCUT2D eigenvalue weighted by Crippen LogP contribution is -1.77. The van der Waals surface area contributed by atoms with E-state index >= 15 is 0 Å². The summed E-state index contributed by atoms with van der Waals surface area (Å²) in [6.07, 6.45) is 0.261. The molecule has 0 fully saturated rings. The van der Waals surface area contributed by atoms with Gasteiger partial charge in [0.15, 0.2) is 5.76 Å². The van der Waals surface area contributed by atoms with Gasteiger partial charge in [-0.15, -0.1) is 0 Å². The van der Waals surface area contributed by atoms with Crippen LogP contribution >= 0.6 is 11.6 Å². The Labute approximate surface area is 91.9 Å². The Morgan fingerprint density at radius 1 is 1.33 bits per heavy atom. The van der Waals surface area contributed by atoms with Crippen LogP contribution in [0.15, 0.2) is 34.9 Å². The third kappa shape index (κ3) is 2.17. The van der Waals surface area contributed by atoms with Crippen LogP contribution in [0.5, 0.6) is 0 Å². The van der Waals surface area contributed by atoms with Gasteiger partial charge in [0.2, 0.25) is 0 Å². The summed E-state index contributed by atoms with van der Waals surface area (Å²) in [5.41, 5.74) is 1.54. The summed E-state index contributed by atoms with van der Waals surface area (Å²) in [5.74, 6) is 0.650. The molecule has 0 aliphatic rings. The second kappa shape index (κ2) is 4.16. The van der Waals surface area contributed by atoms with E-state index in [1.165, 1.54) is 0 Å². The molecule has 0 saturated carbocycles. The summed E-state index contributed by atoms with van der Waals surface area (Å²) >= 11 is 5.76. The molecule has 4 heteroatoms. The first-order valence-corrected chi connectivity index (χ1v) is 4.76. The lowest BCUT2D eigenvalue weighted by molar-refractivity contribution is 0.425.